The maximum atomic E-state index is 13.2. The summed E-state index contributed by atoms with van der Waals surface area (Å²) in [7, 11) is 0. The molecule has 0 bridgehead atoms. The lowest BCUT2D eigenvalue weighted by Gasteiger charge is -2.36. The molecule has 1 amide bonds. The molecule has 130 valence electrons. The largest absolute Gasteiger partial charge is 0.478 e. The highest BCUT2D eigenvalue weighted by Gasteiger charge is 2.41. The van der Waals surface area contributed by atoms with Crippen LogP contribution in [0.1, 0.15) is 34.3 Å². The number of hydrogen-bond donors (Lipinski definition) is 2. The van der Waals surface area contributed by atoms with E-state index in [0.717, 1.165) is 11.1 Å². The lowest BCUT2D eigenvalue weighted by Crippen LogP contribution is -2.45. The van der Waals surface area contributed by atoms with E-state index in [1.54, 1.807) is 6.07 Å². The van der Waals surface area contributed by atoms with E-state index in [-0.39, 0.29) is 11.5 Å². The Balaban J connectivity index is 1.94. The molecule has 1 aliphatic heterocycles. The molecule has 0 aromatic heterocycles. The number of hydrogen-bond acceptors (Lipinski definition) is 3. The summed E-state index contributed by atoms with van der Waals surface area (Å²) in [4.78, 5) is 24.4. The van der Waals surface area contributed by atoms with Gasteiger partial charge in [0.05, 0.1) is 11.0 Å². The minimum Gasteiger partial charge on any atom is -0.478 e. The maximum absolute atomic E-state index is 13.2. The second-order valence-electron chi connectivity index (χ2n) is 6.35. The zero-order valence-corrected chi connectivity index (χ0v) is 14.1. The number of aromatic carboxylic acids is 1. The van der Waals surface area contributed by atoms with Crippen LogP contribution in [-0.4, -0.2) is 30.2 Å². The van der Waals surface area contributed by atoms with Gasteiger partial charge in [0.1, 0.15) is 0 Å². The third-order valence-electron chi connectivity index (χ3n) is 4.84. The number of carbonyl (C=O) groups is 2. The topological polar surface area (TPSA) is 75.6 Å². The maximum Gasteiger partial charge on any atom is 0.335 e. The van der Waals surface area contributed by atoms with Gasteiger partial charge >= 0.3 is 5.97 Å². The normalized spacial score (nSPS) is 16.2. The van der Waals surface area contributed by atoms with Crippen molar-refractivity contribution in [1.29, 1.82) is 0 Å². The second kappa shape index (κ2) is 7.07. The van der Waals surface area contributed by atoms with Gasteiger partial charge in [0, 0.05) is 18.9 Å². The van der Waals surface area contributed by atoms with E-state index in [0.29, 0.717) is 31.7 Å². The van der Waals surface area contributed by atoms with E-state index in [9.17, 15) is 14.7 Å². The molecular formula is C20H21NO4. The van der Waals surface area contributed by atoms with Crippen molar-refractivity contribution in [2.24, 2.45) is 0 Å². The Hall–Kier alpha value is -2.66. The number of amides is 1. The molecular weight excluding hydrogens is 318 g/mol. The summed E-state index contributed by atoms with van der Waals surface area (Å²) in [6, 6.07) is 14.5. The van der Waals surface area contributed by atoms with E-state index in [1.807, 2.05) is 37.3 Å². The van der Waals surface area contributed by atoms with Crippen LogP contribution >= 0.6 is 0 Å². The van der Waals surface area contributed by atoms with Crippen LogP contribution in [0.2, 0.25) is 0 Å². The number of anilines is 1. The highest BCUT2D eigenvalue weighted by Crippen LogP contribution is 2.36. The van der Waals surface area contributed by atoms with Crippen molar-refractivity contribution in [3.05, 3.63) is 65.2 Å². The standard InChI is InChI=1S/C20H21NO4/c1-14-7-8-15(18(22)23)13-17(14)21-19(24)20(9-11-25-12-10-20)16-5-3-2-4-6-16/h2-8,13H,9-12H2,1H3,(H,21,24)(H,22,23). The molecule has 3 rings (SSSR count). The smallest absolute Gasteiger partial charge is 0.335 e. The third kappa shape index (κ3) is 3.42. The summed E-state index contributed by atoms with van der Waals surface area (Å²) in [5.74, 6) is -1.13. The number of carbonyl (C=O) groups excluding carboxylic acids is 1. The van der Waals surface area contributed by atoms with Crippen LogP contribution in [0.25, 0.3) is 0 Å². The molecule has 0 atom stereocenters. The molecule has 2 N–H and O–H groups in total. The molecule has 0 saturated carbocycles. The molecule has 1 heterocycles. The first-order valence-corrected chi connectivity index (χ1v) is 8.32. The quantitative estimate of drug-likeness (QED) is 0.895. The van der Waals surface area contributed by atoms with E-state index >= 15 is 0 Å². The van der Waals surface area contributed by atoms with Crippen LogP contribution in [0.15, 0.2) is 48.5 Å². The van der Waals surface area contributed by atoms with Crippen molar-refractivity contribution in [2.45, 2.75) is 25.2 Å². The van der Waals surface area contributed by atoms with Crippen LogP contribution in [-0.2, 0) is 14.9 Å². The fourth-order valence-corrected chi connectivity index (χ4v) is 3.26. The number of ether oxygens (including phenoxy) is 1. The average molecular weight is 339 g/mol. The molecule has 2 aromatic carbocycles. The van der Waals surface area contributed by atoms with Gasteiger partial charge in [0.2, 0.25) is 5.91 Å². The Kier molecular flexibility index (Phi) is 4.86. The van der Waals surface area contributed by atoms with E-state index in [1.165, 1.54) is 12.1 Å². The van der Waals surface area contributed by atoms with Gasteiger partial charge in [0.15, 0.2) is 0 Å². The monoisotopic (exact) mass is 339 g/mol. The van der Waals surface area contributed by atoms with Crippen molar-refractivity contribution in [2.75, 3.05) is 18.5 Å². The minimum absolute atomic E-state index is 0.118. The second-order valence-corrected chi connectivity index (χ2v) is 6.35. The lowest BCUT2D eigenvalue weighted by molar-refractivity contribution is -0.125. The van der Waals surface area contributed by atoms with Gasteiger partial charge in [-0.1, -0.05) is 36.4 Å². The summed E-state index contributed by atoms with van der Waals surface area (Å²) in [6.45, 7) is 2.90. The van der Waals surface area contributed by atoms with Gasteiger partial charge < -0.3 is 15.2 Å². The van der Waals surface area contributed by atoms with Crippen molar-refractivity contribution in [3.63, 3.8) is 0 Å². The Labute approximate surface area is 146 Å². The Morgan fingerprint density at radius 2 is 1.76 bits per heavy atom. The fraction of sp³-hybridized carbons (Fsp3) is 0.300. The first-order chi connectivity index (χ1) is 12.0. The number of carboxylic acid groups (broad SMARTS) is 1. The van der Waals surface area contributed by atoms with Gasteiger partial charge in [-0.3, -0.25) is 4.79 Å². The predicted octanol–water partition coefficient (Wildman–Crippen LogP) is 3.38. The predicted molar refractivity (Wildman–Crippen MR) is 94.9 cm³/mol. The highest BCUT2D eigenvalue weighted by molar-refractivity contribution is 6.01. The molecule has 0 spiro atoms. The van der Waals surface area contributed by atoms with E-state index < -0.39 is 11.4 Å². The van der Waals surface area contributed by atoms with Gasteiger partial charge in [-0.05, 0) is 43.0 Å². The van der Waals surface area contributed by atoms with Crippen molar-refractivity contribution < 1.29 is 19.4 Å². The van der Waals surface area contributed by atoms with Crippen molar-refractivity contribution in [1.82, 2.24) is 0 Å². The lowest BCUT2D eigenvalue weighted by atomic mass is 9.73. The van der Waals surface area contributed by atoms with Crippen molar-refractivity contribution in [3.8, 4) is 0 Å². The van der Waals surface area contributed by atoms with Crippen molar-refractivity contribution >= 4 is 17.6 Å². The van der Waals surface area contributed by atoms with Crippen LogP contribution in [0.4, 0.5) is 5.69 Å². The average Bonchev–Trinajstić information content (AvgIpc) is 2.64. The first kappa shape index (κ1) is 17.2. The molecule has 1 aliphatic rings. The van der Waals surface area contributed by atoms with Gasteiger partial charge in [-0.25, -0.2) is 4.79 Å². The number of aryl methyl sites for hydroxylation is 1. The van der Waals surface area contributed by atoms with Gasteiger partial charge in [-0.2, -0.15) is 0 Å². The molecule has 0 aliphatic carbocycles. The first-order valence-electron chi connectivity index (χ1n) is 8.32. The minimum atomic E-state index is -1.01. The number of nitrogens with one attached hydrogen (secondary N) is 1. The molecule has 0 unspecified atom stereocenters. The van der Waals surface area contributed by atoms with Gasteiger partial charge in [-0.15, -0.1) is 0 Å². The SMILES string of the molecule is Cc1ccc(C(=O)O)cc1NC(=O)C1(c2ccccc2)CCOCC1. The number of carboxylic acids is 1. The summed E-state index contributed by atoms with van der Waals surface area (Å²) < 4.78 is 5.46. The molecule has 5 heteroatoms. The summed E-state index contributed by atoms with van der Waals surface area (Å²) in [5, 5.41) is 12.1. The highest BCUT2D eigenvalue weighted by atomic mass is 16.5. The molecule has 1 fully saturated rings. The third-order valence-corrected chi connectivity index (χ3v) is 4.84. The Morgan fingerprint density at radius 1 is 1.08 bits per heavy atom. The van der Waals surface area contributed by atoms with Crippen LogP contribution < -0.4 is 5.32 Å². The summed E-state index contributed by atoms with van der Waals surface area (Å²) >= 11 is 0. The Morgan fingerprint density at radius 3 is 2.40 bits per heavy atom. The van der Waals surface area contributed by atoms with E-state index in [2.05, 4.69) is 5.32 Å². The molecule has 0 radical (unpaired) electrons. The number of rotatable bonds is 4. The fourth-order valence-electron chi connectivity index (χ4n) is 3.26. The molecule has 2 aromatic rings. The van der Waals surface area contributed by atoms with Gasteiger partial charge in [0.25, 0.3) is 0 Å². The summed E-state index contributed by atoms with van der Waals surface area (Å²) in [5.41, 5.74) is 1.82. The zero-order chi connectivity index (χ0) is 17.9. The molecule has 25 heavy (non-hydrogen) atoms. The summed E-state index contributed by atoms with van der Waals surface area (Å²) in [6.07, 6.45) is 1.20. The Bertz CT molecular complexity index is 780. The number of benzene rings is 2. The van der Waals surface area contributed by atoms with Crippen LogP contribution in [0.5, 0.6) is 0 Å². The van der Waals surface area contributed by atoms with Crippen LogP contribution in [0, 0.1) is 6.92 Å². The van der Waals surface area contributed by atoms with E-state index in [4.69, 9.17) is 4.74 Å². The molecule has 1 saturated heterocycles. The molecule has 5 nitrogen and oxygen atoms in total. The zero-order valence-electron chi connectivity index (χ0n) is 14.1. The van der Waals surface area contributed by atoms with Crippen LogP contribution in [0.3, 0.4) is 0 Å².